The molecule has 0 atom stereocenters. The second kappa shape index (κ2) is 7.90. The van der Waals surface area contributed by atoms with E-state index in [4.69, 9.17) is 0 Å². The molecule has 0 amide bonds. The molecule has 7 heteroatoms. The van der Waals surface area contributed by atoms with Crippen LogP contribution in [0.3, 0.4) is 0 Å². The highest BCUT2D eigenvalue weighted by molar-refractivity contribution is 9.10. The lowest BCUT2D eigenvalue weighted by molar-refractivity contribution is 0.0972. The molecule has 0 aliphatic carbocycles. The number of halogens is 2. The van der Waals surface area contributed by atoms with Crippen LogP contribution >= 0.6 is 31.9 Å². The third kappa shape index (κ3) is 3.64. The van der Waals surface area contributed by atoms with Crippen LogP contribution in [0.25, 0.3) is 27.9 Å². The second-order valence-corrected chi connectivity index (χ2v) is 8.97. The zero-order valence-electron chi connectivity index (χ0n) is 16.1. The Morgan fingerprint density at radius 1 is 0.839 bits per heavy atom. The largest absolute Gasteiger partial charge is 0.296 e. The molecule has 0 saturated heterocycles. The molecule has 5 rings (SSSR count). The summed E-state index contributed by atoms with van der Waals surface area (Å²) in [6.45, 7) is -0.0576. The average Bonchev–Trinajstić information content (AvgIpc) is 3.23. The number of carbonyl (C=O) groups is 1. The number of nitrogens with zero attached hydrogens (tertiary/aromatic N) is 3. The quantitative estimate of drug-likeness (QED) is 0.276. The van der Waals surface area contributed by atoms with Crippen molar-refractivity contribution in [3.05, 3.63) is 104 Å². The van der Waals surface area contributed by atoms with Crippen molar-refractivity contribution in [3.8, 4) is 11.3 Å². The van der Waals surface area contributed by atoms with Gasteiger partial charge >= 0.3 is 0 Å². The van der Waals surface area contributed by atoms with Gasteiger partial charge in [0.15, 0.2) is 5.78 Å². The van der Waals surface area contributed by atoms with Crippen LogP contribution in [0, 0.1) is 0 Å². The van der Waals surface area contributed by atoms with Gasteiger partial charge in [-0.3, -0.25) is 18.6 Å². The molecule has 0 bridgehead atoms. The minimum absolute atomic E-state index is 0.0576. The molecule has 0 N–H and O–H groups in total. The Morgan fingerprint density at radius 3 is 2.13 bits per heavy atom. The lowest BCUT2D eigenvalue weighted by Crippen LogP contribution is -2.26. The third-order valence-electron chi connectivity index (χ3n) is 5.18. The maximum atomic E-state index is 13.4. The number of carbonyl (C=O) groups excluding carboxylic acids is 1. The maximum Gasteiger partial charge on any atom is 0.295 e. The van der Waals surface area contributed by atoms with Crippen LogP contribution in [0.4, 0.5) is 0 Å². The summed E-state index contributed by atoms with van der Waals surface area (Å²) in [4.78, 5) is 30.9. The van der Waals surface area contributed by atoms with Crippen molar-refractivity contribution in [2.24, 2.45) is 0 Å². The zero-order chi connectivity index (χ0) is 21.5. The number of imidazole rings is 1. The highest BCUT2D eigenvalue weighted by Gasteiger charge is 2.17. The minimum atomic E-state index is -0.299. The first-order valence-corrected chi connectivity index (χ1v) is 11.2. The summed E-state index contributed by atoms with van der Waals surface area (Å²) in [6.07, 6.45) is 1.86. The van der Waals surface area contributed by atoms with E-state index in [1.807, 2.05) is 66.9 Å². The fourth-order valence-corrected chi connectivity index (χ4v) is 4.16. The van der Waals surface area contributed by atoms with E-state index < -0.39 is 0 Å². The minimum Gasteiger partial charge on any atom is -0.296 e. The number of aromatic nitrogens is 3. The van der Waals surface area contributed by atoms with Gasteiger partial charge in [-0.1, -0.05) is 68.3 Å². The van der Waals surface area contributed by atoms with Crippen molar-refractivity contribution in [2.75, 3.05) is 0 Å². The molecule has 2 heterocycles. The molecule has 5 nitrogen and oxygen atoms in total. The Labute approximate surface area is 194 Å². The van der Waals surface area contributed by atoms with Crippen LogP contribution < -0.4 is 5.56 Å². The second-order valence-electron chi connectivity index (χ2n) is 7.14. The van der Waals surface area contributed by atoms with E-state index in [9.17, 15) is 9.59 Å². The monoisotopic (exact) mass is 535 g/mol. The zero-order valence-corrected chi connectivity index (χ0v) is 19.3. The van der Waals surface area contributed by atoms with Gasteiger partial charge in [0.2, 0.25) is 5.65 Å². The van der Waals surface area contributed by atoms with Crippen LogP contribution in [0.1, 0.15) is 10.4 Å². The summed E-state index contributed by atoms with van der Waals surface area (Å²) in [5.41, 5.74) is 3.66. The lowest BCUT2D eigenvalue weighted by atomic mass is 10.1. The number of hydrogen-bond acceptors (Lipinski definition) is 3. The van der Waals surface area contributed by atoms with Crippen LogP contribution in [-0.4, -0.2) is 19.7 Å². The van der Waals surface area contributed by atoms with Crippen LogP contribution in [0.5, 0.6) is 0 Å². The molecule has 0 radical (unpaired) electrons. The Bertz CT molecular complexity index is 1500. The Hall–Kier alpha value is -3.03. The third-order valence-corrected chi connectivity index (χ3v) is 6.24. The summed E-state index contributed by atoms with van der Waals surface area (Å²) in [7, 11) is 0. The van der Waals surface area contributed by atoms with Crippen molar-refractivity contribution < 1.29 is 4.79 Å². The predicted octanol–water partition coefficient (Wildman–Crippen LogP) is 5.72. The maximum absolute atomic E-state index is 13.4. The first kappa shape index (κ1) is 19.9. The van der Waals surface area contributed by atoms with Crippen molar-refractivity contribution in [1.82, 2.24) is 14.0 Å². The molecule has 0 unspecified atom stereocenters. The van der Waals surface area contributed by atoms with E-state index in [1.165, 1.54) is 4.57 Å². The number of Topliss-reactive ketones (excluding diaryl/α,β-unsaturated/α-hetero) is 1. The van der Waals surface area contributed by atoms with E-state index in [1.54, 1.807) is 16.5 Å². The van der Waals surface area contributed by atoms with Gasteiger partial charge in [-0.2, -0.15) is 0 Å². The predicted molar refractivity (Wildman–Crippen MR) is 129 cm³/mol. The summed E-state index contributed by atoms with van der Waals surface area (Å²) in [6, 6.07) is 22.4. The van der Waals surface area contributed by atoms with E-state index in [0.717, 1.165) is 20.0 Å². The average molecular weight is 537 g/mol. The van der Waals surface area contributed by atoms with Crippen molar-refractivity contribution in [3.63, 3.8) is 0 Å². The Balaban J connectivity index is 1.68. The fraction of sp³-hybridized carbons (Fsp3) is 0.0417. The molecular formula is C24H15Br2N3O2. The Kier molecular flexibility index (Phi) is 5.08. The van der Waals surface area contributed by atoms with Gasteiger partial charge in [0.25, 0.3) is 5.56 Å². The molecule has 0 aliphatic rings. The smallest absolute Gasteiger partial charge is 0.295 e. The molecule has 3 aromatic carbocycles. The van der Waals surface area contributed by atoms with Gasteiger partial charge in [0, 0.05) is 26.3 Å². The summed E-state index contributed by atoms with van der Waals surface area (Å²) >= 11 is 6.82. The van der Waals surface area contributed by atoms with Gasteiger partial charge in [0.05, 0.1) is 23.3 Å². The normalized spacial score (nSPS) is 11.3. The van der Waals surface area contributed by atoms with Gasteiger partial charge in [-0.15, -0.1) is 0 Å². The molecule has 152 valence electrons. The molecule has 0 spiro atoms. The number of hydrogen-bond donors (Lipinski definition) is 0. The van der Waals surface area contributed by atoms with Crippen molar-refractivity contribution >= 4 is 54.3 Å². The van der Waals surface area contributed by atoms with Crippen LogP contribution in [-0.2, 0) is 6.54 Å². The summed E-state index contributed by atoms with van der Waals surface area (Å²) in [5.74, 6) is -0.135. The first-order chi connectivity index (χ1) is 15.0. The van der Waals surface area contributed by atoms with Crippen LogP contribution in [0.15, 0.2) is 92.7 Å². The molecule has 5 aromatic rings. The highest BCUT2D eigenvalue weighted by atomic mass is 79.9. The standard InChI is InChI=1S/C24H15Br2N3O2/c25-17-9-5-15(6-10-17)19-13-28-20-3-1-2-4-21(20)29(24(31)23(28)27-19)14-22(30)16-7-11-18(26)12-8-16/h1-13H,14H2. The molecular weight excluding hydrogens is 522 g/mol. The van der Waals surface area contributed by atoms with E-state index in [0.29, 0.717) is 22.4 Å². The summed E-state index contributed by atoms with van der Waals surface area (Å²) < 4.78 is 5.17. The fourth-order valence-electron chi connectivity index (χ4n) is 3.63. The molecule has 0 fully saturated rings. The number of benzene rings is 3. The molecule has 2 aromatic heterocycles. The summed E-state index contributed by atoms with van der Waals surface area (Å²) in [5, 5.41) is 0. The van der Waals surface area contributed by atoms with Crippen molar-refractivity contribution in [1.29, 1.82) is 0 Å². The SMILES string of the molecule is O=C(Cn1c(=O)c2nc(-c3ccc(Br)cc3)cn2c2ccccc21)c1ccc(Br)cc1. The van der Waals surface area contributed by atoms with E-state index >= 15 is 0 Å². The number of para-hydroxylation sites is 2. The Morgan fingerprint density at radius 2 is 1.45 bits per heavy atom. The van der Waals surface area contributed by atoms with Gasteiger partial charge in [0.1, 0.15) is 0 Å². The topological polar surface area (TPSA) is 56.4 Å². The first-order valence-electron chi connectivity index (χ1n) is 9.56. The van der Waals surface area contributed by atoms with E-state index in [2.05, 4.69) is 36.8 Å². The number of ketones is 1. The van der Waals surface area contributed by atoms with Gasteiger partial charge in [-0.05, 0) is 36.4 Å². The van der Waals surface area contributed by atoms with Gasteiger partial charge in [-0.25, -0.2) is 4.98 Å². The van der Waals surface area contributed by atoms with Gasteiger partial charge < -0.3 is 0 Å². The molecule has 0 aliphatic heterocycles. The van der Waals surface area contributed by atoms with E-state index in [-0.39, 0.29) is 17.9 Å². The lowest BCUT2D eigenvalue weighted by Gasteiger charge is -2.11. The van der Waals surface area contributed by atoms with Crippen molar-refractivity contribution in [2.45, 2.75) is 6.54 Å². The molecule has 0 saturated carbocycles. The number of rotatable bonds is 4. The van der Waals surface area contributed by atoms with Crippen LogP contribution in [0.2, 0.25) is 0 Å². The number of fused-ring (bicyclic) bond motifs is 3. The molecule has 31 heavy (non-hydrogen) atoms. The highest BCUT2D eigenvalue weighted by Crippen LogP contribution is 2.23.